The van der Waals surface area contributed by atoms with E-state index in [1.54, 1.807) is 6.92 Å². The summed E-state index contributed by atoms with van der Waals surface area (Å²) in [6, 6.07) is 29.5. The normalized spacial score (nSPS) is 13.7. The first-order valence-corrected chi connectivity index (χ1v) is 12.3. The second-order valence-electron chi connectivity index (χ2n) is 9.30. The summed E-state index contributed by atoms with van der Waals surface area (Å²) in [5.74, 6) is 1.01. The van der Waals surface area contributed by atoms with Gasteiger partial charge in [0.15, 0.2) is 5.78 Å². The Morgan fingerprint density at radius 1 is 0.943 bits per heavy atom. The summed E-state index contributed by atoms with van der Waals surface area (Å²) in [7, 11) is 0. The molecule has 0 amide bonds. The Balaban J connectivity index is 1.36. The topological polar surface area (TPSA) is 45.2 Å². The Morgan fingerprint density at radius 3 is 2.37 bits per heavy atom. The van der Waals surface area contributed by atoms with Gasteiger partial charge in [-0.15, -0.1) is 0 Å². The van der Waals surface area contributed by atoms with Gasteiger partial charge in [-0.1, -0.05) is 78.9 Å². The molecule has 4 aromatic rings. The van der Waals surface area contributed by atoms with Gasteiger partial charge in [-0.3, -0.25) is 4.79 Å². The van der Waals surface area contributed by atoms with Crippen molar-refractivity contribution < 1.29 is 4.79 Å². The van der Waals surface area contributed by atoms with Crippen molar-refractivity contribution in [2.75, 3.05) is 16.8 Å². The summed E-state index contributed by atoms with van der Waals surface area (Å²) in [5, 5.41) is 3.64. The highest BCUT2D eigenvalue weighted by Crippen LogP contribution is 2.36. The minimum absolute atomic E-state index is 0.0731. The molecule has 35 heavy (non-hydrogen) atoms. The number of nitrogens with zero attached hydrogens (tertiary/aromatic N) is 2. The molecule has 0 spiro atoms. The molecule has 4 nitrogen and oxygen atoms in total. The molecule has 0 saturated heterocycles. The third-order valence-corrected chi connectivity index (χ3v) is 6.80. The number of nitrogens with one attached hydrogen (secondary N) is 1. The van der Waals surface area contributed by atoms with E-state index >= 15 is 0 Å². The highest BCUT2D eigenvalue weighted by Gasteiger charge is 2.22. The van der Waals surface area contributed by atoms with Crippen LogP contribution in [-0.4, -0.2) is 17.3 Å². The smallest absolute Gasteiger partial charge is 0.159 e. The predicted molar refractivity (Wildman–Crippen MR) is 144 cm³/mol. The summed E-state index contributed by atoms with van der Waals surface area (Å²) in [6.07, 6.45) is 4.11. The average molecular weight is 462 g/mol. The van der Waals surface area contributed by atoms with Crippen molar-refractivity contribution in [1.29, 1.82) is 0 Å². The molecule has 0 fully saturated rings. The van der Waals surface area contributed by atoms with Crippen molar-refractivity contribution in [3.63, 3.8) is 0 Å². The quantitative estimate of drug-likeness (QED) is 0.299. The van der Waals surface area contributed by atoms with E-state index in [4.69, 9.17) is 4.98 Å². The van der Waals surface area contributed by atoms with Gasteiger partial charge in [0.25, 0.3) is 0 Å². The van der Waals surface area contributed by atoms with Gasteiger partial charge >= 0.3 is 0 Å². The zero-order valence-corrected chi connectivity index (χ0v) is 20.4. The number of hydrogen-bond donors (Lipinski definition) is 1. The van der Waals surface area contributed by atoms with Crippen molar-refractivity contribution in [3.05, 3.63) is 113 Å². The third-order valence-electron chi connectivity index (χ3n) is 6.80. The van der Waals surface area contributed by atoms with E-state index in [2.05, 4.69) is 71.7 Å². The van der Waals surface area contributed by atoms with E-state index < -0.39 is 0 Å². The van der Waals surface area contributed by atoms with Gasteiger partial charge in [-0.25, -0.2) is 4.98 Å². The van der Waals surface area contributed by atoms with Crippen LogP contribution in [-0.2, 0) is 13.0 Å². The van der Waals surface area contributed by atoms with Gasteiger partial charge in [0, 0.05) is 24.8 Å². The van der Waals surface area contributed by atoms with E-state index in [0.717, 1.165) is 42.9 Å². The van der Waals surface area contributed by atoms with E-state index in [-0.39, 0.29) is 11.8 Å². The molecular weight excluding hydrogens is 430 g/mol. The van der Waals surface area contributed by atoms with Crippen LogP contribution in [0.4, 0.5) is 11.5 Å². The molecule has 1 aliphatic heterocycles. The summed E-state index contributed by atoms with van der Waals surface area (Å²) in [5.41, 5.74) is 8.19. The molecule has 0 bridgehead atoms. The molecule has 4 heteroatoms. The molecule has 1 N–H and O–H groups in total. The first-order chi connectivity index (χ1) is 17.1. The number of pyridine rings is 1. The first-order valence-electron chi connectivity index (χ1n) is 12.3. The van der Waals surface area contributed by atoms with E-state index in [1.807, 2.05) is 36.5 Å². The monoisotopic (exact) mass is 461 g/mol. The number of benzene rings is 3. The van der Waals surface area contributed by atoms with Gasteiger partial charge in [0.2, 0.25) is 0 Å². The van der Waals surface area contributed by atoms with Gasteiger partial charge in [-0.2, -0.15) is 0 Å². The molecule has 5 rings (SSSR count). The van der Waals surface area contributed by atoms with E-state index in [1.165, 1.54) is 27.9 Å². The maximum atomic E-state index is 11.6. The number of fused-ring (bicyclic) bond motifs is 1. The summed E-state index contributed by atoms with van der Waals surface area (Å²) in [6.45, 7) is 5.60. The highest BCUT2D eigenvalue weighted by atomic mass is 16.1. The molecule has 2 heterocycles. The fourth-order valence-electron chi connectivity index (χ4n) is 4.83. The number of carbonyl (C=O) groups is 1. The number of Topliss-reactive ketones (excluding diaryl/α,β-unsaturated/α-hetero) is 1. The van der Waals surface area contributed by atoms with E-state index in [9.17, 15) is 4.79 Å². The molecule has 176 valence electrons. The Kier molecular flexibility index (Phi) is 6.62. The van der Waals surface area contributed by atoms with E-state index in [0.29, 0.717) is 0 Å². The highest BCUT2D eigenvalue weighted by molar-refractivity contribution is 5.94. The van der Waals surface area contributed by atoms with Crippen LogP contribution in [0.15, 0.2) is 91.1 Å². The molecular formula is C31H31N3O. The summed E-state index contributed by atoms with van der Waals surface area (Å²) >= 11 is 0. The standard InChI is InChI=1S/C31H31N3O/c1-22(25-14-16-26(17-15-25)23(2)35)33-31-30-29(18-19-32-31)9-6-20-34(30)21-24-10-12-28(13-11-24)27-7-4-3-5-8-27/h3-5,7-8,10-19,22H,6,9,20-21H2,1-2H3,(H,32,33). The van der Waals surface area contributed by atoms with Crippen LogP contribution in [0.3, 0.4) is 0 Å². The summed E-state index contributed by atoms with van der Waals surface area (Å²) in [4.78, 5) is 18.8. The fourth-order valence-corrected chi connectivity index (χ4v) is 4.83. The van der Waals surface area contributed by atoms with Crippen LogP contribution in [0.2, 0.25) is 0 Å². The van der Waals surface area contributed by atoms with Crippen LogP contribution in [0.25, 0.3) is 11.1 Å². The number of aromatic nitrogens is 1. The molecule has 0 saturated carbocycles. The van der Waals surface area contributed by atoms with Crippen molar-refractivity contribution in [2.24, 2.45) is 0 Å². The maximum absolute atomic E-state index is 11.6. The number of rotatable bonds is 7. The molecule has 0 aliphatic carbocycles. The number of carbonyl (C=O) groups excluding carboxylic acids is 1. The SMILES string of the molecule is CC(=O)c1ccc(C(C)Nc2nccc3c2N(Cc2ccc(-c4ccccc4)cc2)CCC3)cc1. The van der Waals surface area contributed by atoms with Gasteiger partial charge in [0.1, 0.15) is 5.82 Å². The molecule has 1 unspecified atom stereocenters. The predicted octanol–water partition coefficient (Wildman–Crippen LogP) is 7.08. The number of anilines is 2. The molecule has 3 aromatic carbocycles. The molecule has 1 aliphatic rings. The zero-order valence-electron chi connectivity index (χ0n) is 20.4. The van der Waals surface area contributed by atoms with Crippen LogP contribution < -0.4 is 10.2 Å². The van der Waals surface area contributed by atoms with Gasteiger partial charge in [-0.05, 0) is 60.6 Å². The van der Waals surface area contributed by atoms with Gasteiger partial charge in [0.05, 0.1) is 11.7 Å². The number of aryl methyl sites for hydroxylation is 1. The average Bonchev–Trinajstić information content (AvgIpc) is 2.90. The summed E-state index contributed by atoms with van der Waals surface area (Å²) < 4.78 is 0. The third kappa shape index (κ3) is 5.12. The number of ketones is 1. The van der Waals surface area contributed by atoms with Crippen LogP contribution in [0, 0.1) is 0 Å². The van der Waals surface area contributed by atoms with Crippen molar-refractivity contribution in [3.8, 4) is 11.1 Å². The van der Waals surface area contributed by atoms with Crippen molar-refractivity contribution in [2.45, 2.75) is 39.3 Å². The van der Waals surface area contributed by atoms with Crippen molar-refractivity contribution >= 4 is 17.3 Å². The minimum Gasteiger partial charge on any atom is -0.364 e. The van der Waals surface area contributed by atoms with Crippen molar-refractivity contribution in [1.82, 2.24) is 4.98 Å². The molecule has 1 atom stereocenters. The Labute approximate surface area is 207 Å². The lowest BCUT2D eigenvalue weighted by atomic mass is 10.00. The lowest BCUT2D eigenvalue weighted by molar-refractivity contribution is 0.101. The fraction of sp³-hybridized carbons (Fsp3) is 0.226. The Hall–Kier alpha value is -3.92. The lowest BCUT2D eigenvalue weighted by Gasteiger charge is -2.33. The van der Waals surface area contributed by atoms with Crippen LogP contribution >= 0.6 is 0 Å². The zero-order chi connectivity index (χ0) is 24.2. The maximum Gasteiger partial charge on any atom is 0.159 e. The van der Waals surface area contributed by atoms with Crippen LogP contribution in [0.1, 0.15) is 53.4 Å². The van der Waals surface area contributed by atoms with Gasteiger partial charge < -0.3 is 10.2 Å². The lowest BCUT2D eigenvalue weighted by Crippen LogP contribution is -2.30. The Morgan fingerprint density at radius 2 is 1.66 bits per heavy atom. The second kappa shape index (κ2) is 10.1. The largest absolute Gasteiger partial charge is 0.364 e. The Bertz CT molecular complexity index is 1300. The molecule has 0 radical (unpaired) electrons. The minimum atomic E-state index is 0.0731. The first kappa shape index (κ1) is 22.9. The second-order valence-corrected chi connectivity index (χ2v) is 9.30. The molecule has 1 aromatic heterocycles. The number of hydrogen-bond acceptors (Lipinski definition) is 4. The van der Waals surface area contributed by atoms with Crippen LogP contribution in [0.5, 0.6) is 0 Å².